The van der Waals surface area contributed by atoms with E-state index >= 15 is 0 Å². The minimum absolute atomic E-state index is 0.129. The largest absolute Gasteiger partial charge is 0.377 e. The number of hydrogen-bond acceptors (Lipinski definition) is 2. The van der Waals surface area contributed by atoms with Crippen LogP contribution in [-0.4, -0.2) is 31.8 Å². The Morgan fingerprint density at radius 2 is 2.12 bits per heavy atom. The molecule has 5 heteroatoms. The van der Waals surface area contributed by atoms with Crippen molar-refractivity contribution in [2.45, 2.75) is 53.2 Å². The third kappa shape index (κ3) is 6.31. The number of nitrogens with one attached hydrogen (secondary N) is 2. The predicted octanol–water partition coefficient (Wildman–Crippen LogP) is 3.72. The van der Waals surface area contributed by atoms with Gasteiger partial charge in [0.2, 0.25) is 0 Å². The SMILES string of the molecule is CCNC(=NCc1cccc(F)c1)NCC1CCCOC1C(C)(C)C. The quantitative estimate of drug-likeness (QED) is 0.629. The molecule has 0 aromatic heterocycles. The van der Waals surface area contributed by atoms with Crippen molar-refractivity contribution in [2.75, 3.05) is 19.7 Å². The Balaban J connectivity index is 1.97. The summed E-state index contributed by atoms with van der Waals surface area (Å²) in [7, 11) is 0. The van der Waals surface area contributed by atoms with Crippen LogP contribution in [0.4, 0.5) is 4.39 Å². The van der Waals surface area contributed by atoms with Crippen LogP contribution in [0, 0.1) is 17.2 Å². The van der Waals surface area contributed by atoms with E-state index < -0.39 is 0 Å². The molecule has 1 aliphatic heterocycles. The van der Waals surface area contributed by atoms with E-state index in [1.165, 1.54) is 12.1 Å². The van der Waals surface area contributed by atoms with E-state index in [-0.39, 0.29) is 17.3 Å². The van der Waals surface area contributed by atoms with Gasteiger partial charge < -0.3 is 15.4 Å². The van der Waals surface area contributed by atoms with Gasteiger partial charge in [0.25, 0.3) is 0 Å². The maximum atomic E-state index is 13.3. The Bertz CT molecular complexity index is 568. The predicted molar refractivity (Wildman–Crippen MR) is 101 cm³/mol. The standard InChI is InChI=1S/C20H32FN3O/c1-5-22-19(23-13-15-8-6-10-17(21)12-15)24-14-16-9-7-11-25-18(16)20(2,3)4/h6,8,10,12,16,18H,5,7,9,11,13-14H2,1-4H3,(H2,22,23,24). The molecule has 2 rings (SSSR count). The van der Waals surface area contributed by atoms with Crippen LogP contribution in [-0.2, 0) is 11.3 Å². The van der Waals surface area contributed by atoms with E-state index in [2.05, 4.69) is 36.4 Å². The third-order valence-electron chi connectivity index (χ3n) is 4.48. The molecule has 0 radical (unpaired) electrons. The van der Waals surface area contributed by atoms with Crippen molar-refractivity contribution >= 4 is 5.96 Å². The molecule has 1 aliphatic rings. The molecule has 0 aliphatic carbocycles. The number of hydrogen-bond donors (Lipinski definition) is 2. The topological polar surface area (TPSA) is 45.7 Å². The fourth-order valence-electron chi connectivity index (χ4n) is 3.38. The summed E-state index contributed by atoms with van der Waals surface area (Å²) >= 11 is 0. The van der Waals surface area contributed by atoms with Crippen LogP contribution in [0.25, 0.3) is 0 Å². The molecular formula is C20H32FN3O. The van der Waals surface area contributed by atoms with Crippen molar-refractivity contribution in [1.82, 2.24) is 10.6 Å². The normalized spacial score (nSPS) is 21.9. The first-order chi connectivity index (χ1) is 11.9. The highest BCUT2D eigenvalue weighted by molar-refractivity contribution is 5.79. The second kappa shape index (κ2) is 9.18. The average molecular weight is 349 g/mol. The van der Waals surface area contributed by atoms with Crippen molar-refractivity contribution in [2.24, 2.45) is 16.3 Å². The number of rotatable bonds is 5. The molecule has 0 saturated carbocycles. The molecule has 0 amide bonds. The minimum atomic E-state index is -0.224. The molecular weight excluding hydrogens is 317 g/mol. The first kappa shape index (κ1) is 19.7. The van der Waals surface area contributed by atoms with Gasteiger partial charge in [0.05, 0.1) is 12.6 Å². The smallest absolute Gasteiger partial charge is 0.191 e. The number of guanidine groups is 1. The minimum Gasteiger partial charge on any atom is -0.377 e. The van der Waals surface area contributed by atoms with Gasteiger partial charge in [-0.15, -0.1) is 0 Å². The highest BCUT2D eigenvalue weighted by Crippen LogP contribution is 2.33. The number of ether oxygens (including phenoxy) is 1. The van der Waals surface area contributed by atoms with Crippen molar-refractivity contribution in [3.8, 4) is 0 Å². The lowest BCUT2D eigenvalue weighted by Crippen LogP contribution is -2.47. The van der Waals surface area contributed by atoms with Crippen LogP contribution in [0.3, 0.4) is 0 Å². The van der Waals surface area contributed by atoms with Gasteiger partial charge in [-0.2, -0.15) is 0 Å². The van der Waals surface area contributed by atoms with Crippen LogP contribution >= 0.6 is 0 Å². The summed E-state index contributed by atoms with van der Waals surface area (Å²) in [6.45, 7) is 11.7. The summed E-state index contributed by atoms with van der Waals surface area (Å²) in [6, 6.07) is 6.58. The molecule has 140 valence electrons. The van der Waals surface area contributed by atoms with E-state index in [9.17, 15) is 4.39 Å². The van der Waals surface area contributed by atoms with Crippen molar-refractivity contribution < 1.29 is 9.13 Å². The zero-order valence-electron chi connectivity index (χ0n) is 15.9. The van der Waals surface area contributed by atoms with Crippen LogP contribution in [0.15, 0.2) is 29.3 Å². The molecule has 1 aromatic rings. The third-order valence-corrected chi connectivity index (χ3v) is 4.48. The Kier molecular flexibility index (Phi) is 7.24. The lowest BCUT2D eigenvalue weighted by atomic mass is 9.78. The van der Waals surface area contributed by atoms with E-state index in [1.807, 2.05) is 13.0 Å². The molecule has 0 bridgehead atoms. The van der Waals surface area contributed by atoms with Gasteiger partial charge >= 0.3 is 0 Å². The zero-order valence-corrected chi connectivity index (χ0v) is 15.9. The molecule has 1 saturated heterocycles. The highest BCUT2D eigenvalue weighted by Gasteiger charge is 2.35. The Labute approximate surface area is 151 Å². The molecule has 1 fully saturated rings. The highest BCUT2D eigenvalue weighted by atomic mass is 19.1. The Morgan fingerprint density at radius 1 is 1.32 bits per heavy atom. The number of aliphatic imine (C=N–C) groups is 1. The number of halogens is 1. The first-order valence-electron chi connectivity index (χ1n) is 9.28. The fraction of sp³-hybridized carbons (Fsp3) is 0.650. The number of nitrogens with zero attached hydrogens (tertiary/aromatic N) is 1. The average Bonchev–Trinajstić information content (AvgIpc) is 2.57. The van der Waals surface area contributed by atoms with Crippen molar-refractivity contribution in [3.05, 3.63) is 35.6 Å². The molecule has 2 unspecified atom stereocenters. The van der Waals surface area contributed by atoms with Crippen molar-refractivity contribution in [3.63, 3.8) is 0 Å². The van der Waals surface area contributed by atoms with Gasteiger partial charge in [0, 0.05) is 25.6 Å². The lowest BCUT2D eigenvalue weighted by Gasteiger charge is -2.40. The fourth-order valence-corrected chi connectivity index (χ4v) is 3.38. The Morgan fingerprint density at radius 3 is 2.80 bits per heavy atom. The molecule has 1 aromatic carbocycles. The lowest BCUT2D eigenvalue weighted by molar-refractivity contribution is -0.0835. The zero-order chi connectivity index (χ0) is 18.3. The van der Waals surface area contributed by atoms with Crippen molar-refractivity contribution in [1.29, 1.82) is 0 Å². The van der Waals surface area contributed by atoms with Gasteiger partial charge in [-0.25, -0.2) is 9.38 Å². The van der Waals surface area contributed by atoms with Gasteiger partial charge in [-0.3, -0.25) is 0 Å². The molecule has 2 N–H and O–H groups in total. The van der Waals surface area contributed by atoms with Gasteiger partial charge in [0.1, 0.15) is 5.82 Å². The second-order valence-electron chi connectivity index (χ2n) is 7.77. The van der Waals surface area contributed by atoms with Gasteiger partial charge in [0.15, 0.2) is 5.96 Å². The van der Waals surface area contributed by atoms with E-state index in [0.29, 0.717) is 12.5 Å². The molecule has 0 spiro atoms. The monoisotopic (exact) mass is 349 g/mol. The summed E-state index contributed by atoms with van der Waals surface area (Å²) < 4.78 is 19.3. The summed E-state index contributed by atoms with van der Waals surface area (Å²) in [5, 5.41) is 6.71. The molecule has 25 heavy (non-hydrogen) atoms. The van der Waals surface area contributed by atoms with Crippen LogP contribution < -0.4 is 10.6 Å². The summed E-state index contributed by atoms with van der Waals surface area (Å²) in [4.78, 5) is 4.58. The summed E-state index contributed by atoms with van der Waals surface area (Å²) in [6.07, 6.45) is 2.52. The number of benzene rings is 1. The van der Waals surface area contributed by atoms with Crippen LogP contribution in [0.2, 0.25) is 0 Å². The Hall–Kier alpha value is -1.62. The summed E-state index contributed by atoms with van der Waals surface area (Å²) in [5.41, 5.74) is 0.995. The second-order valence-corrected chi connectivity index (χ2v) is 7.77. The van der Waals surface area contributed by atoms with E-state index in [0.717, 1.165) is 44.1 Å². The van der Waals surface area contributed by atoms with Gasteiger partial charge in [-0.05, 0) is 42.9 Å². The molecule has 4 nitrogen and oxygen atoms in total. The van der Waals surface area contributed by atoms with E-state index in [1.54, 1.807) is 6.07 Å². The molecule has 1 heterocycles. The van der Waals surface area contributed by atoms with Crippen LogP contribution in [0.5, 0.6) is 0 Å². The maximum Gasteiger partial charge on any atom is 0.191 e. The van der Waals surface area contributed by atoms with Crippen LogP contribution in [0.1, 0.15) is 46.1 Å². The van der Waals surface area contributed by atoms with E-state index in [4.69, 9.17) is 4.74 Å². The summed E-state index contributed by atoms with van der Waals surface area (Å²) in [5.74, 6) is 1.01. The van der Waals surface area contributed by atoms with Gasteiger partial charge in [-0.1, -0.05) is 32.9 Å². The maximum absolute atomic E-state index is 13.3. The molecule has 2 atom stereocenters. The first-order valence-corrected chi connectivity index (χ1v) is 9.28.